The zero-order valence-electron chi connectivity index (χ0n) is 9.30. The minimum Gasteiger partial charge on any atom is -0.259 e. The Kier molecular flexibility index (Phi) is 6.21. The molecule has 13 heavy (non-hydrogen) atoms. The molecule has 0 aliphatic carbocycles. The Morgan fingerprint density at radius 1 is 1.46 bits per heavy atom. The maximum atomic E-state index is 4.34. The molecule has 0 aliphatic heterocycles. The average Bonchev–Trinajstić information content (AvgIpc) is 2.13. The first-order valence-corrected chi connectivity index (χ1v) is 5.01. The largest absolute Gasteiger partial charge is 0.259 e. The SMILES string of the molecule is C=C(CC)N=C(C)/C=C\C(C)CC. The summed E-state index contributed by atoms with van der Waals surface area (Å²) in [6, 6.07) is 0. The Hall–Kier alpha value is -0.850. The van der Waals surface area contributed by atoms with Crippen LogP contribution in [0.4, 0.5) is 0 Å². The molecular formula is C12H21N. The molecule has 74 valence electrons. The van der Waals surface area contributed by atoms with Gasteiger partial charge in [-0.05, 0) is 25.3 Å². The van der Waals surface area contributed by atoms with Gasteiger partial charge in [0.1, 0.15) is 0 Å². The lowest BCUT2D eigenvalue weighted by Crippen LogP contribution is -1.90. The van der Waals surface area contributed by atoms with Gasteiger partial charge in [0.2, 0.25) is 0 Å². The van der Waals surface area contributed by atoms with Crippen LogP contribution in [-0.4, -0.2) is 5.71 Å². The Morgan fingerprint density at radius 3 is 2.54 bits per heavy atom. The molecule has 0 heterocycles. The fraction of sp³-hybridized carbons (Fsp3) is 0.583. The number of rotatable bonds is 5. The van der Waals surface area contributed by atoms with Crippen LogP contribution in [0.2, 0.25) is 0 Å². The van der Waals surface area contributed by atoms with Gasteiger partial charge in [0, 0.05) is 11.4 Å². The highest BCUT2D eigenvalue weighted by Gasteiger charge is 1.91. The van der Waals surface area contributed by atoms with E-state index in [1.807, 2.05) is 6.92 Å². The second-order valence-corrected chi connectivity index (χ2v) is 3.42. The number of hydrogen-bond donors (Lipinski definition) is 0. The van der Waals surface area contributed by atoms with Crippen LogP contribution >= 0.6 is 0 Å². The van der Waals surface area contributed by atoms with Crippen LogP contribution in [0.25, 0.3) is 0 Å². The average molecular weight is 179 g/mol. The minimum atomic E-state index is 0.639. The zero-order chi connectivity index (χ0) is 10.3. The summed E-state index contributed by atoms with van der Waals surface area (Å²) < 4.78 is 0. The standard InChI is InChI=1S/C12H21N/c1-6-10(3)8-9-12(5)13-11(4)7-2/h8-10H,4,6-7H2,1-3,5H3/b9-8-,13-12?. The molecule has 0 bridgehead atoms. The van der Waals surface area contributed by atoms with E-state index in [1.54, 1.807) is 0 Å². The van der Waals surface area contributed by atoms with Crippen LogP contribution in [0.15, 0.2) is 29.4 Å². The highest BCUT2D eigenvalue weighted by atomic mass is 14.7. The van der Waals surface area contributed by atoms with Crippen molar-refractivity contribution in [3.8, 4) is 0 Å². The molecule has 0 saturated carbocycles. The maximum Gasteiger partial charge on any atom is 0.0372 e. The second-order valence-electron chi connectivity index (χ2n) is 3.42. The van der Waals surface area contributed by atoms with Crippen LogP contribution in [0.5, 0.6) is 0 Å². The highest BCUT2D eigenvalue weighted by Crippen LogP contribution is 2.03. The van der Waals surface area contributed by atoms with Gasteiger partial charge in [-0.1, -0.05) is 39.8 Å². The quantitative estimate of drug-likeness (QED) is 0.566. The fourth-order valence-corrected chi connectivity index (χ4v) is 0.805. The molecule has 0 fully saturated rings. The number of nitrogens with zero attached hydrogens (tertiary/aromatic N) is 1. The Balaban J connectivity index is 4.12. The van der Waals surface area contributed by atoms with Crippen molar-refractivity contribution in [3.63, 3.8) is 0 Å². The molecule has 1 heteroatoms. The topological polar surface area (TPSA) is 12.4 Å². The van der Waals surface area contributed by atoms with Crippen molar-refractivity contribution in [3.05, 3.63) is 24.4 Å². The van der Waals surface area contributed by atoms with E-state index in [-0.39, 0.29) is 0 Å². The molecule has 0 saturated heterocycles. The van der Waals surface area contributed by atoms with Gasteiger partial charge in [0.15, 0.2) is 0 Å². The predicted octanol–water partition coefficient (Wildman–Crippen LogP) is 3.97. The van der Waals surface area contributed by atoms with E-state index in [1.165, 1.54) is 6.42 Å². The summed E-state index contributed by atoms with van der Waals surface area (Å²) >= 11 is 0. The smallest absolute Gasteiger partial charge is 0.0372 e. The highest BCUT2D eigenvalue weighted by molar-refractivity contribution is 5.93. The van der Waals surface area contributed by atoms with Crippen molar-refractivity contribution in [1.82, 2.24) is 0 Å². The van der Waals surface area contributed by atoms with E-state index in [0.717, 1.165) is 17.8 Å². The molecule has 0 aromatic carbocycles. The second kappa shape index (κ2) is 6.64. The molecule has 0 radical (unpaired) electrons. The van der Waals surface area contributed by atoms with Crippen LogP contribution in [0.1, 0.15) is 40.5 Å². The molecular weight excluding hydrogens is 158 g/mol. The lowest BCUT2D eigenvalue weighted by atomic mass is 10.1. The van der Waals surface area contributed by atoms with Gasteiger partial charge in [0.25, 0.3) is 0 Å². The van der Waals surface area contributed by atoms with Gasteiger partial charge in [-0.15, -0.1) is 0 Å². The van der Waals surface area contributed by atoms with Crippen molar-refractivity contribution in [2.24, 2.45) is 10.9 Å². The minimum absolute atomic E-state index is 0.639. The maximum absolute atomic E-state index is 4.34. The molecule has 0 spiro atoms. The Morgan fingerprint density at radius 2 is 2.08 bits per heavy atom. The normalized spacial score (nSPS) is 14.9. The lowest BCUT2D eigenvalue weighted by Gasteiger charge is -1.99. The third-order valence-corrected chi connectivity index (χ3v) is 2.05. The third-order valence-electron chi connectivity index (χ3n) is 2.05. The number of hydrogen-bond acceptors (Lipinski definition) is 1. The van der Waals surface area contributed by atoms with Crippen molar-refractivity contribution in [1.29, 1.82) is 0 Å². The van der Waals surface area contributed by atoms with Gasteiger partial charge in [0.05, 0.1) is 0 Å². The van der Waals surface area contributed by atoms with E-state index in [2.05, 4.69) is 44.5 Å². The summed E-state index contributed by atoms with van der Waals surface area (Å²) in [5.41, 5.74) is 2.00. The van der Waals surface area contributed by atoms with Gasteiger partial charge >= 0.3 is 0 Å². The summed E-state index contributed by atoms with van der Waals surface area (Å²) in [7, 11) is 0. The number of aliphatic imine (C=N–C) groups is 1. The fourth-order valence-electron chi connectivity index (χ4n) is 0.805. The Bertz CT molecular complexity index is 211. The molecule has 0 aromatic rings. The van der Waals surface area contributed by atoms with E-state index in [9.17, 15) is 0 Å². The van der Waals surface area contributed by atoms with Crippen LogP contribution in [0, 0.1) is 5.92 Å². The molecule has 1 atom stereocenters. The zero-order valence-corrected chi connectivity index (χ0v) is 9.30. The number of allylic oxidation sites excluding steroid dienone is 3. The van der Waals surface area contributed by atoms with Gasteiger partial charge in [-0.3, -0.25) is 4.99 Å². The first-order valence-electron chi connectivity index (χ1n) is 5.01. The first kappa shape index (κ1) is 12.2. The molecule has 0 N–H and O–H groups in total. The third kappa shape index (κ3) is 6.32. The lowest BCUT2D eigenvalue weighted by molar-refractivity contribution is 0.699. The summed E-state index contributed by atoms with van der Waals surface area (Å²) in [5.74, 6) is 0.639. The summed E-state index contributed by atoms with van der Waals surface area (Å²) in [6.07, 6.45) is 6.38. The summed E-state index contributed by atoms with van der Waals surface area (Å²) in [5, 5.41) is 0. The molecule has 1 nitrogen and oxygen atoms in total. The van der Waals surface area contributed by atoms with Gasteiger partial charge in [-0.2, -0.15) is 0 Å². The molecule has 0 amide bonds. The van der Waals surface area contributed by atoms with Crippen molar-refractivity contribution >= 4 is 5.71 Å². The van der Waals surface area contributed by atoms with E-state index >= 15 is 0 Å². The van der Waals surface area contributed by atoms with E-state index < -0.39 is 0 Å². The Labute approximate surface area is 82.3 Å². The first-order chi connectivity index (χ1) is 6.10. The monoisotopic (exact) mass is 179 g/mol. The van der Waals surface area contributed by atoms with Crippen molar-refractivity contribution in [2.45, 2.75) is 40.5 Å². The predicted molar refractivity (Wildman–Crippen MR) is 61.1 cm³/mol. The molecule has 0 aromatic heterocycles. The van der Waals surface area contributed by atoms with Gasteiger partial charge in [-0.25, -0.2) is 0 Å². The molecule has 0 aliphatic rings. The van der Waals surface area contributed by atoms with Gasteiger partial charge < -0.3 is 0 Å². The van der Waals surface area contributed by atoms with E-state index in [4.69, 9.17) is 0 Å². The summed E-state index contributed by atoms with van der Waals surface area (Å²) in [4.78, 5) is 4.34. The van der Waals surface area contributed by atoms with Crippen molar-refractivity contribution in [2.75, 3.05) is 0 Å². The van der Waals surface area contributed by atoms with Crippen LogP contribution in [-0.2, 0) is 0 Å². The summed E-state index contributed by atoms with van der Waals surface area (Å²) in [6.45, 7) is 12.3. The van der Waals surface area contributed by atoms with E-state index in [0.29, 0.717) is 5.92 Å². The molecule has 0 rings (SSSR count). The van der Waals surface area contributed by atoms with Crippen LogP contribution in [0.3, 0.4) is 0 Å². The van der Waals surface area contributed by atoms with Crippen molar-refractivity contribution < 1.29 is 0 Å². The van der Waals surface area contributed by atoms with Crippen LogP contribution < -0.4 is 0 Å². The molecule has 1 unspecified atom stereocenters.